The minimum atomic E-state index is -1.13. The summed E-state index contributed by atoms with van der Waals surface area (Å²) in [4.78, 5) is 22.5. The molecule has 0 aliphatic rings. The molecular weight excluding hydrogens is 230 g/mol. The van der Waals surface area contributed by atoms with Crippen LogP contribution in [-0.2, 0) is 0 Å². The van der Waals surface area contributed by atoms with Crippen LogP contribution in [0.5, 0.6) is 0 Å². The van der Waals surface area contributed by atoms with E-state index >= 15 is 0 Å². The Hall–Kier alpha value is -1.89. The highest BCUT2D eigenvalue weighted by Crippen LogP contribution is 2.26. The van der Waals surface area contributed by atoms with E-state index in [0.29, 0.717) is 5.22 Å². The van der Waals surface area contributed by atoms with E-state index in [-0.39, 0.29) is 10.7 Å². The molecule has 0 fully saturated rings. The normalized spacial score (nSPS) is 10.3. The van der Waals surface area contributed by atoms with Gasteiger partial charge in [-0.15, -0.1) is 0 Å². The van der Waals surface area contributed by atoms with Crippen LogP contribution in [0.3, 0.4) is 0 Å². The molecule has 6 nitrogen and oxygen atoms in total. The van der Waals surface area contributed by atoms with Crippen LogP contribution in [0.15, 0.2) is 33.3 Å². The molecule has 82 valence electrons. The van der Waals surface area contributed by atoms with Gasteiger partial charge in [-0.3, -0.25) is 0 Å². The molecule has 2 rings (SSSR count). The molecule has 0 atom stereocenters. The van der Waals surface area contributed by atoms with E-state index in [4.69, 9.17) is 9.52 Å². The number of oxazole rings is 1. The highest BCUT2D eigenvalue weighted by Gasteiger charge is 2.15. The first-order valence-electron chi connectivity index (χ1n) is 4.31. The number of aromatic carboxylic acids is 1. The molecule has 16 heavy (non-hydrogen) atoms. The first kappa shape index (κ1) is 10.6. The SMILES string of the molecule is Cc1coc(Sc2nccnc2C(=O)O)n1. The Labute approximate surface area is 94.8 Å². The van der Waals surface area contributed by atoms with Gasteiger partial charge in [0, 0.05) is 12.4 Å². The molecule has 0 spiro atoms. The topological polar surface area (TPSA) is 89.1 Å². The van der Waals surface area contributed by atoms with Gasteiger partial charge in [-0.25, -0.2) is 19.7 Å². The second-order valence-electron chi connectivity index (χ2n) is 2.87. The monoisotopic (exact) mass is 237 g/mol. The van der Waals surface area contributed by atoms with Crippen molar-refractivity contribution in [2.24, 2.45) is 0 Å². The van der Waals surface area contributed by atoms with Crippen LogP contribution in [0.1, 0.15) is 16.2 Å². The van der Waals surface area contributed by atoms with Crippen molar-refractivity contribution in [2.45, 2.75) is 17.2 Å². The van der Waals surface area contributed by atoms with E-state index in [1.165, 1.54) is 18.7 Å². The smallest absolute Gasteiger partial charge is 0.357 e. The average molecular weight is 237 g/mol. The zero-order valence-electron chi connectivity index (χ0n) is 8.25. The van der Waals surface area contributed by atoms with Crippen LogP contribution in [-0.4, -0.2) is 26.0 Å². The van der Waals surface area contributed by atoms with Gasteiger partial charge in [-0.2, -0.15) is 0 Å². The molecule has 0 radical (unpaired) electrons. The Bertz CT molecular complexity index is 526. The summed E-state index contributed by atoms with van der Waals surface area (Å²) in [6.07, 6.45) is 4.23. The molecule has 0 amide bonds. The molecule has 0 saturated carbocycles. The Morgan fingerprint density at radius 3 is 2.81 bits per heavy atom. The number of aryl methyl sites for hydroxylation is 1. The number of carboxylic acids is 1. The first-order chi connectivity index (χ1) is 7.66. The fourth-order valence-corrected chi connectivity index (χ4v) is 1.81. The number of rotatable bonds is 3. The summed E-state index contributed by atoms with van der Waals surface area (Å²) in [6, 6.07) is 0. The summed E-state index contributed by atoms with van der Waals surface area (Å²) in [5, 5.41) is 9.49. The summed E-state index contributed by atoms with van der Waals surface area (Å²) in [5.41, 5.74) is 0.617. The van der Waals surface area contributed by atoms with Gasteiger partial charge in [0.05, 0.1) is 5.69 Å². The Morgan fingerprint density at radius 1 is 1.44 bits per heavy atom. The maximum atomic E-state index is 10.9. The van der Waals surface area contributed by atoms with Gasteiger partial charge in [-0.1, -0.05) is 0 Å². The zero-order chi connectivity index (χ0) is 11.5. The number of carboxylic acid groups (broad SMARTS) is 1. The maximum absolute atomic E-state index is 10.9. The predicted molar refractivity (Wildman–Crippen MR) is 54.4 cm³/mol. The fourth-order valence-electron chi connectivity index (χ4n) is 1.01. The lowest BCUT2D eigenvalue weighted by atomic mass is 10.5. The van der Waals surface area contributed by atoms with E-state index in [0.717, 1.165) is 17.5 Å². The lowest BCUT2D eigenvalue weighted by molar-refractivity contribution is 0.0685. The van der Waals surface area contributed by atoms with Crippen molar-refractivity contribution in [1.29, 1.82) is 0 Å². The van der Waals surface area contributed by atoms with Crippen molar-refractivity contribution in [3.8, 4) is 0 Å². The zero-order valence-corrected chi connectivity index (χ0v) is 9.06. The Kier molecular flexibility index (Phi) is 2.86. The van der Waals surface area contributed by atoms with Crippen LogP contribution in [0.25, 0.3) is 0 Å². The third-order valence-electron chi connectivity index (χ3n) is 1.65. The first-order valence-corrected chi connectivity index (χ1v) is 5.13. The minimum absolute atomic E-state index is 0.108. The number of carbonyl (C=O) groups is 1. The van der Waals surface area contributed by atoms with Crippen LogP contribution in [0.4, 0.5) is 0 Å². The van der Waals surface area contributed by atoms with Crippen molar-refractivity contribution in [3.63, 3.8) is 0 Å². The second-order valence-corrected chi connectivity index (χ2v) is 3.81. The van der Waals surface area contributed by atoms with Gasteiger partial charge in [-0.05, 0) is 18.7 Å². The molecule has 0 unspecified atom stereocenters. The van der Waals surface area contributed by atoms with Crippen molar-refractivity contribution >= 4 is 17.7 Å². The number of aromatic nitrogens is 3. The van der Waals surface area contributed by atoms with Crippen LogP contribution >= 0.6 is 11.8 Å². The Balaban J connectivity index is 2.31. The highest BCUT2D eigenvalue weighted by molar-refractivity contribution is 7.99. The average Bonchev–Trinajstić information content (AvgIpc) is 2.64. The molecule has 0 bridgehead atoms. The highest BCUT2D eigenvalue weighted by atomic mass is 32.2. The van der Waals surface area contributed by atoms with Gasteiger partial charge in [0.2, 0.25) is 0 Å². The van der Waals surface area contributed by atoms with Crippen LogP contribution in [0, 0.1) is 6.92 Å². The molecule has 7 heteroatoms. The molecule has 2 aromatic rings. The molecule has 0 aliphatic heterocycles. The maximum Gasteiger partial charge on any atom is 0.357 e. The number of hydrogen-bond donors (Lipinski definition) is 1. The fraction of sp³-hybridized carbons (Fsp3) is 0.111. The molecule has 1 N–H and O–H groups in total. The van der Waals surface area contributed by atoms with E-state index in [2.05, 4.69) is 15.0 Å². The number of hydrogen-bond acceptors (Lipinski definition) is 6. The standard InChI is InChI=1S/C9H7N3O3S/c1-5-4-15-9(12-5)16-7-6(8(13)14)10-2-3-11-7/h2-4H,1H3,(H,13,14). The molecule has 0 aliphatic carbocycles. The molecular formula is C9H7N3O3S. The third kappa shape index (κ3) is 2.19. The van der Waals surface area contributed by atoms with Gasteiger partial charge in [0.25, 0.3) is 5.22 Å². The van der Waals surface area contributed by atoms with Gasteiger partial charge < -0.3 is 9.52 Å². The molecule has 2 aromatic heterocycles. The van der Waals surface area contributed by atoms with Crippen molar-refractivity contribution in [2.75, 3.05) is 0 Å². The van der Waals surface area contributed by atoms with Gasteiger partial charge in [0.15, 0.2) is 5.69 Å². The predicted octanol–water partition coefficient (Wildman–Crippen LogP) is 1.62. The van der Waals surface area contributed by atoms with Crippen molar-refractivity contribution in [3.05, 3.63) is 30.0 Å². The summed E-state index contributed by atoms with van der Waals surface area (Å²) in [6.45, 7) is 1.78. The van der Waals surface area contributed by atoms with Gasteiger partial charge >= 0.3 is 5.97 Å². The lowest BCUT2D eigenvalue weighted by Gasteiger charge is -1.99. The summed E-state index contributed by atoms with van der Waals surface area (Å²) >= 11 is 1.03. The summed E-state index contributed by atoms with van der Waals surface area (Å²) in [7, 11) is 0. The van der Waals surface area contributed by atoms with E-state index in [1.807, 2.05) is 0 Å². The third-order valence-corrected chi connectivity index (χ3v) is 2.50. The van der Waals surface area contributed by atoms with Crippen molar-refractivity contribution in [1.82, 2.24) is 15.0 Å². The largest absolute Gasteiger partial charge is 0.476 e. The minimum Gasteiger partial charge on any atom is -0.476 e. The number of nitrogens with zero attached hydrogens (tertiary/aromatic N) is 3. The van der Waals surface area contributed by atoms with Crippen LogP contribution < -0.4 is 0 Å². The molecule has 0 aromatic carbocycles. The summed E-state index contributed by atoms with van der Waals surface area (Å²) in [5.74, 6) is -1.13. The Morgan fingerprint density at radius 2 is 2.19 bits per heavy atom. The quantitative estimate of drug-likeness (QED) is 0.867. The lowest BCUT2D eigenvalue weighted by Crippen LogP contribution is -2.03. The second kappa shape index (κ2) is 4.31. The van der Waals surface area contributed by atoms with E-state index in [9.17, 15) is 4.79 Å². The van der Waals surface area contributed by atoms with E-state index < -0.39 is 5.97 Å². The van der Waals surface area contributed by atoms with Crippen molar-refractivity contribution < 1.29 is 14.3 Å². The van der Waals surface area contributed by atoms with Crippen LogP contribution in [0.2, 0.25) is 0 Å². The molecule has 2 heterocycles. The molecule has 0 saturated heterocycles. The van der Waals surface area contributed by atoms with E-state index in [1.54, 1.807) is 6.92 Å². The van der Waals surface area contributed by atoms with Gasteiger partial charge in [0.1, 0.15) is 11.3 Å². The summed E-state index contributed by atoms with van der Waals surface area (Å²) < 4.78 is 5.09.